The van der Waals surface area contributed by atoms with Crippen LogP contribution in [-0.2, 0) is 6.42 Å². The monoisotopic (exact) mass is 274 g/mol. The summed E-state index contributed by atoms with van der Waals surface area (Å²) in [7, 11) is 2.22. The maximum absolute atomic E-state index is 6.20. The molecule has 1 aromatic rings. The van der Waals surface area contributed by atoms with Gasteiger partial charge in [-0.2, -0.15) is 0 Å². The maximum atomic E-state index is 6.20. The molecule has 2 heteroatoms. The quantitative estimate of drug-likeness (QED) is 0.904. The topological polar surface area (TPSA) is 29.3 Å². The molecule has 112 valence electrons. The molecule has 0 spiro atoms. The molecule has 1 fully saturated rings. The van der Waals surface area contributed by atoms with Crippen molar-refractivity contribution in [1.82, 2.24) is 0 Å². The van der Waals surface area contributed by atoms with Gasteiger partial charge in [0, 0.05) is 19.3 Å². The highest BCUT2D eigenvalue weighted by Gasteiger charge is 2.39. The van der Waals surface area contributed by atoms with Crippen molar-refractivity contribution in [3.05, 3.63) is 29.8 Å². The maximum Gasteiger partial charge on any atom is 0.0523 e. The van der Waals surface area contributed by atoms with Gasteiger partial charge < -0.3 is 10.6 Å². The molecule has 0 aliphatic heterocycles. The van der Waals surface area contributed by atoms with Gasteiger partial charge in [-0.05, 0) is 55.2 Å². The van der Waals surface area contributed by atoms with Gasteiger partial charge in [-0.25, -0.2) is 0 Å². The minimum Gasteiger partial charge on any atom is -0.368 e. The zero-order valence-electron chi connectivity index (χ0n) is 13.5. The van der Waals surface area contributed by atoms with E-state index in [1.54, 1.807) is 0 Å². The van der Waals surface area contributed by atoms with Crippen molar-refractivity contribution in [2.75, 3.05) is 18.5 Å². The summed E-state index contributed by atoms with van der Waals surface area (Å²) in [6.07, 6.45) is 4.80. The molecule has 20 heavy (non-hydrogen) atoms. The summed E-state index contributed by atoms with van der Waals surface area (Å²) in [5.41, 5.74) is 9.04. The van der Waals surface area contributed by atoms with Gasteiger partial charge in [0.25, 0.3) is 0 Å². The van der Waals surface area contributed by atoms with Gasteiger partial charge in [0.2, 0.25) is 0 Å². The van der Waals surface area contributed by atoms with Crippen LogP contribution in [0.4, 0.5) is 5.69 Å². The molecule has 0 saturated heterocycles. The second-order valence-electron chi connectivity index (χ2n) is 6.70. The van der Waals surface area contributed by atoms with Crippen molar-refractivity contribution in [3.63, 3.8) is 0 Å². The van der Waals surface area contributed by atoms with Crippen LogP contribution in [0.3, 0.4) is 0 Å². The fourth-order valence-electron chi connectivity index (χ4n) is 3.54. The number of likely N-dealkylation sites (N-methyl/N-ethyl adjacent to an activating group) is 1. The molecule has 2 nitrogen and oxygen atoms in total. The number of nitrogens with zero attached hydrogens (tertiary/aromatic N) is 1. The normalized spacial score (nSPS) is 30.2. The fraction of sp³-hybridized carbons (Fsp3) is 0.667. The molecular formula is C18H30N2. The molecule has 0 radical (unpaired) electrons. The molecular weight excluding hydrogens is 244 g/mol. The second-order valence-corrected chi connectivity index (χ2v) is 6.70. The van der Waals surface area contributed by atoms with E-state index < -0.39 is 0 Å². The molecule has 0 amide bonds. The van der Waals surface area contributed by atoms with Crippen LogP contribution in [0.5, 0.6) is 0 Å². The Labute approximate surface area is 124 Å². The Hall–Kier alpha value is -1.02. The first-order chi connectivity index (χ1) is 9.52. The predicted molar refractivity (Wildman–Crippen MR) is 88.2 cm³/mol. The van der Waals surface area contributed by atoms with Crippen molar-refractivity contribution >= 4 is 5.69 Å². The van der Waals surface area contributed by atoms with Gasteiger partial charge in [0.05, 0.1) is 5.54 Å². The molecule has 3 atom stereocenters. The van der Waals surface area contributed by atoms with E-state index in [9.17, 15) is 0 Å². The van der Waals surface area contributed by atoms with Gasteiger partial charge in [0.15, 0.2) is 0 Å². The summed E-state index contributed by atoms with van der Waals surface area (Å²) < 4.78 is 0. The van der Waals surface area contributed by atoms with Crippen molar-refractivity contribution < 1.29 is 0 Å². The number of anilines is 1. The van der Waals surface area contributed by atoms with Gasteiger partial charge in [0.1, 0.15) is 0 Å². The Kier molecular flexibility index (Phi) is 4.74. The first kappa shape index (κ1) is 15.4. The molecule has 1 aromatic carbocycles. The molecule has 1 aliphatic rings. The third kappa shape index (κ3) is 2.85. The number of hydrogen-bond acceptors (Lipinski definition) is 2. The van der Waals surface area contributed by atoms with Crippen LogP contribution < -0.4 is 10.6 Å². The summed E-state index contributed by atoms with van der Waals surface area (Å²) in [6, 6.07) is 8.98. The molecule has 1 aliphatic carbocycles. The van der Waals surface area contributed by atoms with Gasteiger partial charge in [-0.15, -0.1) is 0 Å². The summed E-state index contributed by atoms with van der Waals surface area (Å²) >= 11 is 0. The highest BCUT2D eigenvalue weighted by molar-refractivity contribution is 5.50. The smallest absolute Gasteiger partial charge is 0.0523 e. The summed E-state index contributed by atoms with van der Waals surface area (Å²) in [5, 5.41) is 0. The zero-order chi connectivity index (χ0) is 14.8. The average molecular weight is 274 g/mol. The third-order valence-corrected chi connectivity index (χ3v) is 5.56. The van der Waals surface area contributed by atoms with E-state index in [1.165, 1.54) is 30.5 Å². The lowest BCUT2D eigenvalue weighted by molar-refractivity contribution is 0.176. The summed E-state index contributed by atoms with van der Waals surface area (Å²) in [6.45, 7) is 7.70. The first-order valence-electron chi connectivity index (χ1n) is 8.05. The Morgan fingerprint density at radius 3 is 2.35 bits per heavy atom. The minimum atomic E-state index is 0.139. The first-order valence-corrected chi connectivity index (χ1v) is 8.05. The average Bonchev–Trinajstić information content (AvgIpc) is 2.49. The summed E-state index contributed by atoms with van der Waals surface area (Å²) in [4.78, 5) is 2.44. The lowest BCUT2D eigenvalue weighted by Gasteiger charge is -2.49. The van der Waals surface area contributed by atoms with Crippen LogP contribution in [0.1, 0.15) is 45.6 Å². The van der Waals surface area contributed by atoms with E-state index >= 15 is 0 Å². The lowest BCUT2D eigenvalue weighted by atomic mass is 9.70. The Balaban J connectivity index is 2.21. The van der Waals surface area contributed by atoms with E-state index in [2.05, 4.69) is 57.0 Å². The van der Waals surface area contributed by atoms with Crippen molar-refractivity contribution in [1.29, 1.82) is 0 Å². The van der Waals surface area contributed by atoms with E-state index in [-0.39, 0.29) is 5.54 Å². The number of rotatable bonds is 4. The van der Waals surface area contributed by atoms with Crippen LogP contribution in [0.15, 0.2) is 24.3 Å². The standard InChI is InChI=1S/C18H30N2/c1-5-16-6-8-17(9-7-16)20(4)18(13-19)11-10-14(2)15(3)12-18/h6-9,14-15H,5,10-13,19H2,1-4H3. The van der Waals surface area contributed by atoms with Crippen LogP contribution in [0, 0.1) is 11.8 Å². The van der Waals surface area contributed by atoms with Crippen molar-refractivity contribution in [2.45, 2.75) is 52.0 Å². The molecule has 2 N–H and O–H groups in total. The highest BCUT2D eigenvalue weighted by atomic mass is 15.2. The van der Waals surface area contributed by atoms with E-state index in [1.807, 2.05) is 0 Å². The summed E-state index contributed by atoms with van der Waals surface area (Å²) in [5.74, 6) is 1.58. The molecule has 0 heterocycles. The molecule has 0 aromatic heterocycles. The second kappa shape index (κ2) is 6.17. The fourth-order valence-corrected chi connectivity index (χ4v) is 3.54. The van der Waals surface area contributed by atoms with Gasteiger partial charge in [-0.3, -0.25) is 0 Å². The Morgan fingerprint density at radius 1 is 1.20 bits per heavy atom. The number of aryl methyl sites for hydroxylation is 1. The number of nitrogens with two attached hydrogens (primary N) is 1. The van der Waals surface area contributed by atoms with Crippen LogP contribution in [-0.4, -0.2) is 19.1 Å². The SMILES string of the molecule is CCc1ccc(N(C)C2(CN)CCC(C)C(C)C2)cc1. The molecule has 0 bridgehead atoms. The van der Waals surface area contributed by atoms with Crippen molar-refractivity contribution in [2.24, 2.45) is 17.6 Å². The number of hydrogen-bond donors (Lipinski definition) is 1. The highest BCUT2D eigenvalue weighted by Crippen LogP contribution is 2.40. The van der Waals surface area contributed by atoms with Crippen LogP contribution >= 0.6 is 0 Å². The zero-order valence-corrected chi connectivity index (χ0v) is 13.5. The Morgan fingerprint density at radius 2 is 1.85 bits per heavy atom. The van der Waals surface area contributed by atoms with Crippen molar-refractivity contribution in [3.8, 4) is 0 Å². The van der Waals surface area contributed by atoms with Gasteiger partial charge in [-0.1, -0.05) is 32.9 Å². The molecule has 1 saturated carbocycles. The number of benzene rings is 1. The minimum absolute atomic E-state index is 0.139. The Bertz CT molecular complexity index is 426. The molecule has 3 unspecified atom stereocenters. The third-order valence-electron chi connectivity index (χ3n) is 5.56. The van der Waals surface area contributed by atoms with E-state index in [0.717, 1.165) is 24.8 Å². The van der Waals surface area contributed by atoms with Crippen LogP contribution in [0.25, 0.3) is 0 Å². The molecule has 2 rings (SSSR count). The van der Waals surface area contributed by atoms with Crippen LogP contribution in [0.2, 0.25) is 0 Å². The predicted octanol–water partition coefficient (Wildman–Crippen LogP) is 3.84. The lowest BCUT2D eigenvalue weighted by Crippen LogP contribution is -2.56. The largest absolute Gasteiger partial charge is 0.368 e. The van der Waals surface area contributed by atoms with E-state index in [0.29, 0.717) is 0 Å². The van der Waals surface area contributed by atoms with Gasteiger partial charge >= 0.3 is 0 Å². The van der Waals surface area contributed by atoms with E-state index in [4.69, 9.17) is 5.73 Å².